The lowest BCUT2D eigenvalue weighted by molar-refractivity contribution is 0.109. The van der Waals surface area contributed by atoms with E-state index in [1.807, 2.05) is 6.92 Å². The smallest absolute Gasteiger partial charge is 0.231 e. The lowest BCUT2D eigenvalue weighted by Gasteiger charge is -2.22. The van der Waals surface area contributed by atoms with Crippen LogP contribution in [0.4, 0.5) is 0 Å². The highest BCUT2D eigenvalue weighted by molar-refractivity contribution is 5.01. The van der Waals surface area contributed by atoms with Crippen LogP contribution in [0, 0.1) is 0 Å². The van der Waals surface area contributed by atoms with Gasteiger partial charge in [-0.3, -0.25) is 0 Å². The lowest BCUT2D eigenvalue weighted by Crippen LogP contribution is -2.34. The number of methoxy groups -OCH3 is 1. The van der Waals surface area contributed by atoms with Gasteiger partial charge in [-0.05, 0) is 26.3 Å². The van der Waals surface area contributed by atoms with Gasteiger partial charge in [0.05, 0.1) is 5.92 Å². The summed E-state index contributed by atoms with van der Waals surface area (Å²) in [6.45, 7) is 5.06. The lowest BCUT2D eigenvalue weighted by atomic mass is 9.94. The largest absolute Gasteiger partial charge is 0.374 e. The topological polar surface area (TPSA) is 60.2 Å². The summed E-state index contributed by atoms with van der Waals surface area (Å²) in [7, 11) is 1.66. The number of likely N-dealkylation sites (N-methyl/N-ethyl adjacent to an activating group) is 1. The van der Waals surface area contributed by atoms with Crippen molar-refractivity contribution in [1.29, 1.82) is 0 Å². The van der Waals surface area contributed by atoms with Crippen molar-refractivity contribution in [2.45, 2.75) is 64.0 Å². The van der Waals surface area contributed by atoms with E-state index in [0.29, 0.717) is 17.8 Å². The first kappa shape index (κ1) is 14.5. The molecule has 3 unspecified atom stereocenters. The minimum atomic E-state index is -0.110. The highest BCUT2D eigenvalue weighted by Gasteiger charge is 2.29. The third-order valence-electron chi connectivity index (χ3n) is 3.97. The van der Waals surface area contributed by atoms with E-state index in [1.165, 1.54) is 25.7 Å². The van der Waals surface area contributed by atoms with Crippen molar-refractivity contribution in [3.63, 3.8) is 0 Å². The van der Waals surface area contributed by atoms with Crippen LogP contribution in [-0.4, -0.2) is 29.8 Å². The number of hydrogen-bond acceptors (Lipinski definition) is 5. The van der Waals surface area contributed by atoms with E-state index in [9.17, 15) is 0 Å². The number of aromatic nitrogens is 2. The van der Waals surface area contributed by atoms with E-state index in [-0.39, 0.29) is 6.10 Å². The summed E-state index contributed by atoms with van der Waals surface area (Å²) < 4.78 is 10.7. The van der Waals surface area contributed by atoms with Gasteiger partial charge in [0.1, 0.15) is 6.10 Å². The van der Waals surface area contributed by atoms with Crippen LogP contribution in [-0.2, 0) is 4.74 Å². The van der Waals surface area contributed by atoms with Crippen LogP contribution >= 0.6 is 0 Å². The Morgan fingerprint density at radius 2 is 2.16 bits per heavy atom. The number of hydrogen-bond donors (Lipinski definition) is 1. The fourth-order valence-electron chi connectivity index (χ4n) is 2.78. The highest BCUT2D eigenvalue weighted by Crippen LogP contribution is 2.31. The summed E-state index contributed by atoms with van der Waals surface area (Å²) in [4.78, 5) is 4.54. The predicted octanol–water partition coefficient (Wildman–Crippen LogP) is 2.80. The maximum absolute atomic E-state index is 5.48. The minimum absolute atomic E-state index is 0.110. The van der Waals surface area contributed by atoms with Crippen LogP contribution in [0.5, 0.6) is 0 Å². The van der Waals surface area contributed by atoms with Gasteiger partial charge >= 0.3 is 0 Å². The summed E-state index contributed by atoms with van der Waals surface area (Å²) in [5.41, 5.74) is 0. The zero-order valence-corrected chi connectivity index (χ0v) is 12.2. The van der Waals surface area contributed by atoms with Crippen molar-refractivity contribution in [2.24, 2.45) is 0 Å². The number of nitrogens with one attached hydrogen (secondary N) is 1. The third kappa shape index (κ3) is 3.54. The molecule has 1 aliphatic carbocycles. The molecule has 3 atom stereocenters. The molecule has 1 N–H and O–H groups in total. The van der Waals surface area contributed by atoms with Gasteiger partial charge in [0.25, 0.3) is 0 Å². The van der Waals surface area contributed by atoms with Crippen LogP contribution in [0.1, 0.15) is 69.7 Å². The van der Waals surface area contributed by atoms with Crippen LogP contribution in [0.25, 0.3) is 0 Å². The Bertz CT molecular complexity index is 381. The van der Waals surface area contributed by atoms with Gasteiger partial charge in [-0.2, -0.15) is 4.98 Å². The standard InChI is InChI=1S/C14H25N3O2/c1-4-15-12-9-7-5-6-8-11(12)14-16-13(17-19-14)10(2)18-3/h10-12,15H,4-9H2,1-3H3. The van der Waals surface area contributed by atoms with Crippen molar-refractivity contribution in [1.82, 2.24) is 15.5 Å². The monoisotopic (exact) mass is 267 g/mol. The summed E-state index contributed by atoms with van der Waals surface area (Å²) in [6.07, 6.45) is 6.03. The molecule has 0 amide bonds. The Balaban J connectivity index is 2.13. The molecule has 0 aliphatic heterocycles. The Morgan fingerprint density at radius 1 is 1.37 bits per heavy atom. The molecule has 1 aliphatic rings. The highest BCUT2D eigenvalue weighted by atomic mass is 16.5. The van der Waals surface area contributed by atoms with E-state index in [0.717, 1.165) is 18.9 Å². The van der Waals surface area contributed by atoms with Gasteiger partial charge in [0, 0.05) is 13.2 Å². The molecular formula is C14H25N3O2. The van der Waals surface area contributed by atoms with Gasteiger partial charge < -0.3 is 14.6 Å². The molecule has 5 nitrogen and oxygen atoms in total. The van der Waals surface area contributed by atoms with Crippen molar-refractivity contribution in [3.8, 4) is 0 Å². The zero-order valence-electron chi connectivity index (χ0n) is 12.2. The zero-order chi connectivity index (χ0) is 13.7. The average Bonchev–Trinajstić information content (AvgIpc) is 2.80. The molecule has 1 aromatic rings. The average molecular weight is 267 g/mol. The SMILES string of the molecule is CCNC1CCCCCC1c1nc(C(C)OC)no1. The predicted molar refractivity (Wildman–Crippen MR) is 73.0 cm³/mol. The van der Waals surface area contributed by atoms with Gasteiger partial charge in [-0.15, -0.1) is 0 Å². The molecule has 108 valence electrons. The first-order valence-corrected chi connectivity index (χ1v) is 7.36. The molecular weight excluding hydrogens is 242 g/mol. The number of nitrogens with zero attached hydrogens (tertiary/aromatic N) is 2. The third-order valence-corrected chi connectivity index (χ3v) is 3.97. The second kappa shape index (κ2) is 7.01. The van der Waals surface area contributed by atoms with Gasteiger partial charge in [0.15, 0.2) is 5.82 Å². The van der Waals surface area contributed by atoms with Gasteiger partial charge in [0.2, 0.25) is 5.89 Å². The molecule has 5 heteroatoms. The van der Waals surface area contributed by atoms with Crippen molar-refractivity contribution < 1.29 is 9.26 Å². The molecule has 1 fully saturated rings. The maximum Gasteiger partial charge on any atom is 0.231 e. The Hall–Kier alpha value is -0.940. The first-order valence-electron chi connectivity index (χ1n) is 7.36. The van der Waals surface area contributed by atoms with Gasteiger partial charge in [-0.25, -0.2) is 0 Å². The van der Waals surface area contributed by atoms with Crippen molar-refractivity contribution >= 4 is 0 Å². The van der Waals surface area contributed by atoms with E-state index in [4.69, 9.17) is 9.26 Å². The van der Waals surface area contributed by atoms with Crippen LogP contribution < -0.4 is 5.32 Å². The molecule has 0 saturated heterocycles. The molecule has 0 bridgehead atoms. The first-order chi connectivity index (χ1) is 9.26. The van der Waals surface area contributed by atoms with Crippen molar-refractivity contribution in [2.75, 3.05) is 13.7 Å². The van der Waals surface area contributed by atoms with E-state index >= 15 is 0 Å². The molecule has 0 spiro atoms. The van der Waals surface area contributed by atoms with E-state index in [2.05, 4.69) is 22.4 Å². The number of ether oxygens (including phenoxy) is 1. The number of rotatable bonds is 5. The summed E-state index contributed by atoms with van der Waals surface area (Å²) in [5.74, 6) is 1.76. The maximum atomic E-state index is 5.48. The van der Waals surface area contributed by atoms with Crippen molar-refractivity contribution in [3.05, 3.63) is 11.7 Å². The summed E-state index contributed by atoms with van der Waals surface area (Å²) in [6, 6.07) is 0.457. The molecule has 1 aromatic heterocycles. The quantitative estimate of drug-likeness (QED) is 0.831. The fraction of sp³-hybridized carbons (Fsp3) is 0.857. The van der Waals surface area contributed by atoms with Crippen LogP contribution in [0.3, 0.4) is 0 Å². The molecule has 19 heavy (non-hydrogen) atoms. The van der Waals surface area contributed by atoms with Gasteiger partial charge in [-0.1, -0.05) is 31.3 Å². The minimum Gasteiger partial charge on any atom is -0.374 e. The fourth-order valence-corrected chi connectivity index (χ4v) is 2.78. The normalized spacial score (nSPS) is 26.1. The van der Waals surface area contributed by atoms with Crippen LogP contribution in [0.15, 0.2) is 4.52 Å². The van der Waals surface area contributed by atoms with E-state index in [1.54, 1.807) is 7.11 Å². The van der Waals surface area contributed by atoms with E-state index < -0.39 is 0 Å². The molecule has 0 radical (unpaired) electrons. The molecule has 2 rings (SSSR count). The summed E-state index contributed by atoms with van der Waals surface area (Å²) in [5, 5.41) is 7.61. The second-order valence-corrected chi connectivity index (χ2v) is 5.28. The Labute approximate surface area is 115 Å². The van der Waals surface area contributed by atoms with Crippen LogP contribution in [0.2, 0.25) is 0 Å². The second-order valence-electron chi connectivity index (χ2n) is 5.28. The molecule has 1 saturated carbocycles. The summed E-state index contributed by atoms with van der Waals surface area (Å²) >= 11 is 0. The Morgan fingerprint density at radius 3 is 2.89 bits per heavy atom. The Kier molecular flexibility index (Phi) is 5.34. The molecule has 1 heterocycles. The molecule has 0 aromatic carbocycles.